The van der Waals surface area contributed by atoms with Crippen LogP contribution in [-0.4, -0.2) is 56.5 Å². The summed E-state index contributed by atoms with van der Waals surface area (Å²) < 4.78 is 12.8. The quantitative estimate of drug-likeness (QED) is 0.194. The normalized spacial score (nSPS) is 19.0. The Kier molecular flexibility index (Phi) is 14.9. The highest BCUT2D eigenvalue weighted by atomic mass is 16.5. The van der Waals surface area contributed by atoms with Gasteiger partial charge in [-0.05, 0) is 148 Å². The average molecular weight is 937 g/mol. The Labute approximate surface area is 413 Å². The molecule has 2 heterocycles. The fraction of sp³-hybridized carbons (Fsp3) is 0.667. The van der Waals surface area contributed by atoms with Crippen molar-refractivity contribution in [3.63, 3.8) is 0 Å². The summed E-state index contributed by atoms with van der Waals surface area (Å²) in [4.78, 5) is 32.7. The van der Waals surface area contributed by atoms with E-state index in [-0.39, 0.29) is 80.8 Å². The van der Waals surface area contributed by atoms with Gasteiger partial charge in [-0.1, -0.05) is 119 Å². The number of anilines is 2. The average Bonchev–Trinajstić information content (AvgIpc) is 3.12. The number of esters is 2. The van der Waals surface area contributed by atoms with E-state index in [4.69, 9.17) is 9.47 Å². The Morgan fingerprint density at radius 2 is 0.735 bits per heavy atom. The van der Waals surface area contributed by atoms with E-state index in [1.165, 1.54) is 22.5 Å². The number of nitrogens with zero attached hydrogens (tertiary/aromatic N) is 2. The number of rotatable bonds is 10. The Morgan fingerprint density at radius 1 is 0.500 bits per heavy atom. The predicted octanol–water partition coefficient (Wildman–Crippen LogP) is 14.3. The van der Waals surface area contributed by atoms with Crippen LogP contribution in [0, 0.1) is 13.8 Å². The summed E-state index contributed by atoms with van der Waals surface area (Å²) in [6, 6.07) is 12.7. The first-order valence-electron chi connectivity index (χ1n) is 25.5. The van der Waals surface area contributed by atoms with Gasteiger partial charge in [-0.25, -0.2) is 0 Å². The number of aryl methyl sites for hydroxylation is 4. The molecule has 0 unspecified atom stereocenters. The molecule has 0 spiro atoms. The molecule has 5 rings (SSSR count). The number of phenols is 2. The molecule has 8 nitrogen and oxygen atoms in total. The predicted molar refractivity (Wildman–Crippen MR) is 283 cm³/mol. The zero-order valence-corrected chi connectivity index (χ0v) is 46.7. The van der Waals surface area contributed by atoms with Gasteiger partial charge in [0.2, 0.25) is 0 Å². The third-order valence-electron chi connectivity index (χ3n) is 14.7. The summed E-state index contributed by atoms with van der Waals surface area (Å²) in [7, 11) is 0. The van der Waals surface area contributed by atoms with Crippen molar-refractivity contribution >= 4 is 23.3 Å². The lowest BCUT2D eigenvalue weighted by Crippen LogP contribution is -2.65. The molecule has 3 aromatic carbocycles. The van der Waals surface area contributed by atoms with Crippen molar-refractivity contribution in [2.24, 2.45) is 0 Å². The summed E-state index contributed by atoms with van der Waals surface area (Å²) >= 11 is 0. The van der Waals surface area contributed by atoms with Gasteiger partial charge in [0, 0.05) is 60.7 Å². The molecule has 0 amide bonds. The third kappa shape index (κ3) is 11.9. The molecule has 68 heavy (non-hydrogen) atoms. The van der Waals surface area contributed by atoms with Gasteiger partial charge in [-0.15, -0.1) is 0 Å². The Balaban J connectivity index is 1.35. The molecular formula is C60H92N2O6. The van der Waals surface area contributed by atoms with E-state index in [0.717, 1.165) is 33.4 Å². The number of piperidine rings is 2. The van der Waals surface area contributed by atoms with Crippen molar-refractivity contribution in [2.75, 3.05) is 9.80 Å². The summed E-state index contributed by atoms with van der Waals surface area (Å²) in [6.45, 7) is 48.0. The molecule has 3 aromatic rings. The molecule has 2 fully saturated rings. The molecule has 0 saturated carbocycles. The fourth-order valence-corrected chi connectivity index (χ4v) is 12.0. The minimum atomic E-state index is -0.374. The molecule has 0 atom stereocenters. The van der Waals surface area contributed by atoms with Crippen LogP contribution in [0.25, 0.3) is 0 Å². The maximum Gasteiger partial charge on any atom is 0.306 e. The van der Waals surface area contributed by atoms with Gasteiger partial charge in [-0.3, -0.25) is 9.59 Å². The Morgan fingerprint density at radius 3 is 0.956 bits per heavy atom. The molecule has 2 N–H and O–H groups in total. The molecule has 0 aliphatic carbocycles. The van der Waals surface area contributed by atoms with Crippen LogP contribution < -0.4 is 9.80 Å². The summed E-state index contributed by atoms with van der Waals surface area (Å²) in [5, 5.41) is 22.5. The van der Waals surface area contributed by atoms with Gasteiger partial charge in [0.05, 0.1) is 11.4 Å². The largest absolute Gasteiger partial charge is 0.507 e. The molecule has 0 radical (unpaired) electrons. The molecule has 2 aliphatic heterocycles. The highest BCUT2D eigenvalue weighted by Crippen LogP contribution is 2.54. The van der Waals surface area contributed by atoms with Crippen molar-refractivity contribution in [1.29, 1.82) is 0 Å². The lowest BCUT2D eigenvalue weighted by atomic mass is 9.75. The van der Waals surface area contributed by atoms with Crippen LogP contribution >= 0.6 is 0 Å². The van der Waals surface area contributed by atoms with Crippen LogP contribution in [0.2, 0.25) is 0 Å². The van der Waals surface area contributed by atoms with E-state index in [9.17, 15) is 19.8 Å². The molecule has 0 bridgehead atoms. The van der Waals surface area contributed by atoms with Crippen molar-refractivity contribution < 1.29 is 29.3 Å². The zero-order chi connectivity index (χ0) is 51.7. The van der Waals surface area contributed by atoms with Crippen molar-refractivity contribution in [1.82, 2.24) is 0 Å². The standard InChI is InChI=1S/C60H92N2O6/c1-37-23-24-38(2)50(62-59(19,20)35-42(36-60(62,21)22)68-48(64)28-26-40-31-45(55(9,10)11)52(66)46(32-40)56(12,13)14)49(37)61-57(15,16)33-41(34-58(61,17)18)67-47(63)27-25-39-29-43(53(3,4)5)51(65)44(30-39)54(6,7)8/h23-24,29-32,41-42,65-66H,25-28,33-36H2,1-22H3. The van der Waals surface area contributed by atoms with Crippen LogP contribution in [0.5, 0.6) is 11.5 Å². The molecular weight excluding hydrogens is 845 g/mol. The van der Waals surface area contributed by atoms with Gasteiger partial charge in [-0.2, -0.15) is 0 Å². The number of hydrogen-bond donors (Lipinski definition) is 2. The van der Waals surface area contributed by atoms with Crippen LogP contribution in [0.3, 0.4) is 0 Å². The summed E-state index contributed by atoms with van der Waals surface area (Å²) in [5.74, 6) is 0.310. The summed E-state index contributed by atoms with van der Waals surface area (Å²) in [5.41, 5.74) is 7.99. The van der Waals surface area contributed by atoms with E-state index in [1.807, 2.05) is 0 Å². The minimum Gasteiger partial charge on any atom is -0.507 e. The first kappa shape index (κ1) is 54.7. The van der Waals surface area contributed by atoms with E-state index < -0.39 is 0 Å². The molecule has 0 aromatic heterocycles. The van der Waals surface area contributed by atoms with Gasteiger partial charge >= 0.3 is 11.9 Å². The first-order chi connectivity index (χ1) is 30.7. The number of aromatic hydroxyl groups is 2. The lowest BCUT2D eigenvalue weighted by Gasteiger charge is -2.61. The monoisotopic (exact) mass is 937 g/mol. The smallest absolute Gasteiger partial charge is 0.306 e. The number of carbonyl (C=O) groups is 2. The molecule has 378 valence electrons. The molecule has 8 heteroatoms. The SMILES string of the molecule is Cc1ccc(C)c(N2C(C)(C)CC(OC(=O)CCc3cc(C(C)(C)C)c(O)c(C(C)(C)C)c3)CC2(C)C)c1N1C(C)(C)CC(OC(=O)CCc2cc(C(C)(C)C)c(O)c(C(C)(C)C)c2)CC1(C)C. The zero-order valence-electron chi connectivity index (χ0n) is 46.7. The van der Waals surface area contributed by atoms with Gasteiger partial charge in [0.1, 0.15) is 23.7 Å². The van der Waals surface area contributed by atoms with Crippen molar-refractivity contribution in [3.05, 3.63) is 80.9 Å². The number of benzene rings is 3. The maximum absolute atomic E-state index is 13.8. The van der Waals surface area contributed by atoms with E-state index in [0.29, 0.717) is 50.0 Å². The second kappa shape index (κ2) is 18.5. The van der Waals surface area contributed by atoms with Crippen LogP contribution in [0.1, 0.15) is 222 Å². The Hall–Kier alpha value is -4.20. The highest BCUT2D eigenvalue weighted by molar-refractivity contribution is 5.82. The minimum absolute atomic E-state index is 0.193. The van der Waals surface area contributed by atoms with Crippen LogP contribution in [-0.2, 0) is 53.6 Å². The fourth-order valence-electron chi connectivity index (χ4n) is 12.0. The lowest BCUT2D eigenvalue weighted by molar-refractivity contribution is -0.153. The second-order valence-corrected chi connectivity index (χ2v) is 27.4. The maximum atomic E-state index is 13.8. The number of carbonyl (C=O) groups excluding carboxylic acids is 2. The Bertz CT molecular complexity index is 2090. The van der Waals surface area contributed by atoms with Crippen LogP contribution in [0.15, 0.2) is 36.4 Å². The number of hydrogen-bond acceptors (Lipinski definition) is 8. The van der Waals surface area contributed by atoms with Gasteiger partial charge in [0.25, 0.3) is 0 Å². The summed E-state index contributed by atoms with van der Waals surface area (Å²) in [6.07, 6.45) is 3.85. The van der Waals surface area contributed by atoms with Gasteiger partial charge < -0.3 is 29.5 Å². The first-order valence-corrected chi connectivity index (χ1v) is 25.5. The highest BCUT2D eigenvalue weighted by Gasteiger charge is 2.52. The third-order valence-corrected chi connectivity index (χ3v) is 14.7. The van der Waals surface area contributed by atoms with Crippen molar-refractivity contribution in [2.45, 2.75) is 260 Å². The van der Waals surface area contributed by atoms with Gasteiger partial charge in [0.15, 0.2) is 0 Å². The number of ether oxygens (including phenoxy) is 2. The van der Waals surface area contributed by atoms with E-state index >= 15 is 0 Å². The van der Waals surface area contributed by atoms with E-state index in [1.54, 1.807) is 0 Å². The second-order valence-electron chi connectivity index (χ2n) is 27.4. The van der Waals surface area contributed by atoms with E-state index in [2.05, 4.69) is 199 Å². The molecule has 2 saturated heterocycles. The van der Waals surface area contributed by atoms with Crippen molar-refractivity contribution in [3.8, 4) is 11.5 Å². The van der Waals surface area contributed by atoms with Crippen LogP contribution in [0.4, 0.5) is 11.4 Å². The molecule has 2 aliphatic rings. The topological polar surface area (TPSA) is 99.5 Å². The number of phenolic OH excluding ortho intramolecular Hbond substituents is 2.